The number of carboxylic acid groups (broad SMARTS) is 1. The summed E-state index contributed by atoms with van der Waals surface area (Å²) in [6.45, 7) is 2.52. The van der Waals surface area contributed by atoms with Gasteiger partial charge in [-0.15, -0.1) is 0 Å². The maximum absolute atomic E-state index is 12.5. The quantitative estimate of drug-likeness (QED) is 0.815. The minimum absolute atomic E-state index is 0.202. The van der Waals surface area contributed by atoms with Crippen LogP contribution in [0.2, 0.25) is 0 Å². The van der Waals surface area contributed by atoms with Gasteiger partial charge >= 0.3 is 5.97 Å². The largest absolute Gasteiger partial charge is 0.478 e. The highest BCUT2D eigenvalue weighted by Gasteiger charge is 2.32. The first kappa shape index (κ1) is 15.2. The van der Waals surface area contributed by atoms with Crippen molar-refractivity contribution in [1.29, 1.82) is 0 Å². The van der Waals surface area contributed by atoms with Gasteiger partial charge in [0.15, 0.2) is 0 Å². The van der Waals surface area contributed by atoms with Crippen LogP contribution < -0.4 is 0 Å². The van der Waals surface area contributed by atoms with Crippen molar-refractivity contribution in [2.75, 3.05) is 13.1 Å². The van der Waals surface area contributed by atoms with Gasteiger partial charge in [0.05, 0.1) is 5.60 Å². The molecule has 0 aliphatic carbocycles. The van der Waals surface area contributed by atoms with Crippen LogP contribution in [0.3, 0.4) is 0 Å². The van der Waals surface area contributed by atoms with E-state index in [1.807, 2.05) is 0 Å². The van der Waals surface area contributed by atoms with Gasteiger partial charge in [-0.2, -0.15) is 0 Å². The topological polar surface area (TPSA) is 90.7 Å². The van der Waals surface area contributed by atoms with Gasteiger partial charge in [-0.3, -0.25) is 9.78 Å². The summed E-state index contributed by atoms with van der Waals surface area (Å²) in [4.78, 5) is 28.8. The van der Waals surface area contributed by atoms with Crippen molar-refractivity contribution in [3.05, 3.63) is 35.7 Å². The fourth-order valence-corrected chi connectivity index (χ4v) is 2.44. The lowest BCUT2D eigenvalue weighted by molar-refractivity contribution is -0.131. The van der Waals surface area contributed by atoms with Gasteiger partial charge in [0.1, 0.15) is 5.69 Å². The van der Waals surface area contributed by atoms with Gasteiger partial charge in [0, 0.05) is 30.9 Å². The molecule has 1 aromatic heterocycles. The second kappa shape index (κ2) is 6.05. The molecule has 6 nitrogen and oxygen atoms in total. The molecule has 0 spiro atoms. The normalized spacial score (nSPS) is 22.5. The van der Waals surface area contributed by atoms with Crippen molar-refractivity contribution >= 4 is 18.0 Å². The number of aromatic nitrogens is 1. The molecule has 0 radical (unpaired) electrons. The molecule has 21 heavy (non-hydrogen) atoms. The van der Waals surface area contributed by atoms with E-state index < -0.39 is 11.6 Å². The highest BCUT2D eigenvalue weighted by atomic mass is 16.4. The minimum atomic E-state index is -1.09. The van der Waals surface area contributed by atoms with Gasteiger partial charge < -0.3 is 15.1 Å². The van der Waals surface area contributed by atoms with E-state index in [1.54, 1.807) is 24.0 Å². The van der Waals surface area contributed by atoms with Crippen molar-refractivity contribution in [1.82, 2.24) is 9.88 Å². The zero-order valence-electron chi connectivity index (χ0n) is 11.8. The number of carbonyl (C=O) groups is 2. The number of carboxylic acids is 1. The van der Waals surface area contributed by atoms with Crippen LogP contribution >= 0.6 is 0 Å². The molecule has 1 aromatic rings. The summed E-state index contributed by atoms with van der Waals surface area (Å²) in [5.74, 6) is -1.38. The Balaban J connectivity index is 2.25. The number of carbonyl (C=O) groups excluding carboxylic acids is 1. The first-order chi connectivity index (χ1) is 9.89. The van der Waals surface area contributed by atoms with E-state index >= 15 is 0 Å². The number of pyridine rings is 1. The molecule has 2 heterocycles. The SMILES string of the molecule is CC1(O)CCCN(C(=O)c2ncccc2/C=C/C(=O)O)C1. The number of aliphatic carboxylic acids is 1. The van der Waals surface area contributed by atoms with Crippen LogP contribution in [0.15, 0.2) is 24.4 Å². The molecule has 1 aliphatic heterocycles. The smallest absolute Gasteiger partial charge is 0.328 e. The zero-order chi connectivity index (χ0) is 15.5. The van der Waals surface area contributed by atoms with Crippen LogP contribution in [0.4, 0.5) is 0 Å². The van der Waals surface area contributed by atoms with E-state index in [0.29, 0.717) is 18.5 Å². The Hall–Kier alpha value is -2.21. The molecular formula is C15H18N2O4. The Labute approximate surface area is 122 Å². The molecule has 0 saturated carbocycles. The third-order valence-electron chi connectivity index (χ3n) is 3.41. The van der Waals surface area contributed by atoms with Crippen LogP contribution in [0, 0.1) is 0 Å². The van der Waals surface area contributed by atoms with Gasteiger partial charge in [0.2, 0.25) is 0 Å². The number of rotatable bonds is 3. The van der Waals surface area contributed by atoms with Crippen molar-refractivity contribution in [2.24, 2.45) is 0 Å². The van der Waals surface area contributed by atoms with E-state index in [2.05, 4.69) is 4.98 Å². The lowest BCUT2D eigenvalue weighted by Gasteiger charge is -2.36. The van der Waals surface area contributed by atoms with E-state index in [1.165, 1.54) is 12.3 Å². The standard InChI is InChI=1S/C15H18N2O4/c1-15(21)7-3-9-17(10-15)14(20)13-11(4-2-8-16-13)5-6-12(18)19/h2,4-6,8,21H,3,7,9-10H2,1H3,(H,18,19)/b6-5+. The molecule has 0 aromatic carbocycles. The van der Waals surface area contributed by atoms with Crippen LogP contribution in [0.1, 0.15) is 35.8 Å². The van der Waals surface area contributed by atoms with Crippen LogP contribution in [0.5, 0.6) is 0 Å². The summed E-state index contributed by atoms with van der Waals surface area (Å²) in [5, 5.41) is 18.8. The predicted octanol–water partition coefficient (Wildman–Crippen LogP) is 1.17. The second-order valence-corrected chi connectivity index (χ2v) is 5.44. The van der Waals surface area contributed by atoms with Crippen molar-refractivity contribution in [2.45, 2.75) is 25.4 Å². The molecule has 112 valence electrons. The lowest BCUT2D eigenvalue weighted by atomic mass is 9.95. The Morgan fingerprint density at radius 3 is 2.90 bits per heavy atom. The molecule has 1 saturated heterocycles. The molecule has 2 rings (SSSR count). The van der Waals surface area contributed by atoms with E-state index in [4.69, 9.17) is 5.11 Å². The maximum Gasteiger partial charge on any atom is 0.328 e. The zero-order valence-corrected chi connectivity index (χ0v) is 11.8. The van der Waals surface area contributed by atoms with E-state index in [-0.39, 0.29) is 18.1 Å². The molecule has 2 N–H and O–H groups in total. The number of β-amino-alcohol motifs (C(OH)–C–C–N with tert-alkyl or cyclic N) is 1. The predicted molar refractivity (Wildman–Crippen MR) is 76.7 cm³/mol. The fraction of sp³-hybridized carbons (Fsp3) is 0.400. The number of hydrogen-bond donors (Lipinski definition) is 2. The van der Waals surface area contributed by atoms with Crippen LogP contribution in [0.25, 0.3) is 6.08 Å². The molecule has 1 atom stereocenters. The van der Waals surface area contributed by atoms with Gasteiger partial charge in [-0.25, -0.2) is 4.79 Å². The first-order valence-corrected chi connectivity index (χ1v) is 6.77. The fourth-order valence-electron chi connectivity index (χ4n) is 2.44. The van der Waals surface area contributed by atoms with E-state index in [0.717, 1.165) is 12.5 Å². The van der Waals surface area contributed by atoms with Gasteiger partial charge in [-0.1, -0.05) is 6.07 Å². The lowest BCUT2D eigenvalue weighted by Crippen LogP contribution is -2.48. The number of hydrogen-bond acceptors (Lipinski definition) is 4. The van der Waals surface area contributed by atoms with Crippen molar-refractivity contribution in [3.8, 4) is 0 Å². The van der Waals surface area contributed by atoms with Gasteiger partial charge in [0.25, 0.3) is 5.91 Å². The Morgan fingerprint density at radius 1 is 1.48 bits per heavy atom. The Morgan fingerprint density at radius 2 is 2.24 bits per heavy atom. The highest BCUT2D eigenvalue weighted by molar-refractivity contribution is 5.97. The summed E-state index contributed by atoms with van der Waals surface area (Å²) < 4.78 is 0. The number of aliphatic hydroxyl groups is 1. The van der Waals surface area contributed by atoms with Crippen LogP contribution in [-0.4, -0.2) is 50.7 Å². The molecular weight excluding hydrogens is 272 g/mol. The van der Waals surface area contributed by atoms with Crippen molar-refractivity contribution in [3.63, 3.8) is 0 Å². The average Bonchev–Trinajstić information content (AvgIpc) is 2.43. The number of amides is 1. The summed E-state index contributed by atoms with van der Waals surface area (Å²) in [6, 6.07) is 3.28. The summed E-state index contributed by atoms with van der Waals surface area (Å²) in [7, 11) is 0. The minimum Gasteiger partial charge on any atom is -0.478 e. The molecule has 1 amide bonds. The monoisotopic (exact) mass is 290 g/mol. The van der Waals surface area contributed by atoms with E-state index in [9.17, 15) is 14.7 Å². The maximum atomic E-state index is 12.5. The molecule has 0 bridgehead atoms. The number of likely N-dealkylation sites (tertiary alicyclic amines) is 1. The van der Waals surface area contributed by atoms with Crippen molar-refractivity contribution < 1.29 is 19.8 Å². The highest BCUT2D eigenvalue weighted by Crippen LogP contribution is 2.22. The third kappa shape index (κ3) is 3.88. The number of piperidine rings is 1. The second-order valence-electron chi connectivity index (χ2n) is 5.44. The molecule has 1 aliphatic rings. The summed E-state index contributed by atoms with van der Waals surface area (Å²) in [6.07, 6.45) is 5.20. The average molecular weight is 290 g/mol. The van der Waals surface area contributed by atoms with Crippen LogP contribution in [-0.2, 0) is 4.79 Å². The number of nitrogens with zero attached hydrogens (tertiary/aromatic N) is 2. The summed E-state index contributed by atoms with van der Waals surface area (Å²) in [5.41, 5.74) is -0.234. The third-order valence-corrected chi connectivity index (χ3v) is 3.41. The summed E-state index contributed by atoms with van der Waals surface area (Å²) >= 11 is 0. The Bertz CT molecular complexity index is 581. The molecule has 6 heteroatoms. The molecule has 1 fully saturated rings. The Kier molecular flexibility index (Phi) is 4.37. The molecule has 1 unspecified atom stereocenters. The van der Waals surface area contributed by atoms with Gasteiger partial charge in [-0.05, 0) is 31.9 Å². The first-order valence-electron chi connectivity index (χ1n) is 6.77.